The van der Waals surface area contributed by atoms with Crippen molar-refractivity contribution < 1.29 is 4.79 Å². The van der Waals surface area contributed by atoms with Gasteiger partial charge in [0.15, 0.2) is 0 Å². The van der Waals surface area contributed by atoms with Gasteiger partial charge in [-0.25, -0.2) is 4.98 Å². The molecule has 3 rings (SSSR count). The second kappa shape index (κ2) is 10.3. The largest absolute Gasteiger partial charge is 0.348 e. The summed E-state index contributed by atoms with van der Waals surface area (Å²) in [5.74, 6) is -0.0195. The van der Waals surface area contributed by atoms with Crippen molar-refractivity contribution >= 4 is 58.4 Å². The first-order valence-electron chi connectivity index (χ1n) is 7.12. The molecule has 1 atom stereocenters. The highest BCUT2D eigenvalue weighted by Gasteiger charge is 2.19. The Kier molecular flexibility index (Phi) is 9.08. The van der Waals surface area contributed by atoms with E-state index >= 15 is 0 Å². The van der Waals surface area contributed by atoms with Crippen molar-refractivity contribution in [3.63, 3.8) is 0 Å². The standard InChI is InChI=1S/C16H16BrN3OS.2ClH/c17-11-5-6-15(19-9-11)22-14-4-2-1-3-13(14)16(21)20-12-7-8-18-10-12;;/h1-6,9,12,18H,7-8,10H2,(H,20,21);2*1H. The van der Waals surface area contributed by atoms with Gasteiger partial charge in [0.05, 0.1) is 5.56 Å². The van der Waals surface area contributed by atoms with Crippen LogP contribution in [-0.4, -0.2) is 30.0 Å². The van der Waals surface area contributed by atoms with Crippen LogP contribution < -0.4 is 10.6 Å². The van der Waals surface area contributed by atoms with Gasteiger partial charge in [-0.05, 0) is 53.2 Å². The molecule has 0 bridgehead atoms. The smallest absolute Gasteiger partial charge is 0.252 e. The Labute approximate surface area is 166 Å². The number of nitrogens with zero attached hydrogens (tertiary/aromatic N) is 1. The molecule has 1 aliphatic rings. The zero-order valence-electron chi connectivity index (χ0n) is 12.7. The normalized spacial score (nSPS) is 16.0. The number of hydrogen-bond acceptors (Lipinski definition) is 4. The molecule has 1 aromatic heterocycles. The molecule has 4 nitrogen and oxygen atoms in total. The molecular weight excluding hydrogens is 433 g/mol. The first-order chi connectivity index (χ1) is 10.7. The van der Waals surface area contributed by atoms with Gasteiger partial charge in [-0.1, -0.05) is 23.9 Å². The highest BCUT2D eigenvalue weighted by Crippen LogP contribution is 2.29. The SMILES string of the molecule is Cl.Cl.O=C(NC1CCNC1)c1ccccc1Sc1ccc(Br)cn1. The van der Waals surface area contributed by atoms with Gasteiger partial charge < -0.3 is 10.6 Å². The summed E-state index contributed by atoms with van der Waals surface area (Å²) in [6, 6.07) is 11.7. The molecule has 2 N–H and O–H groups in total. The number of pyridine rings is 1. The fourth-order valence-corrected chi connectivity index (χ4v) is 3.44. The fraction of sp³-hybridized carbons (Fsp3) is 0.250. The number of amides is 1. The number of hydrogen-bond donors (Lipinski definition) is 2. The first kappa shape index (κ1) is 21.3. The predicted octanol–water partition coefficient (Wildman–Crippen LogP) is 3.93. The van der Waals surface area contributed by atoms with Gasteiger partial charge in [0.1, 0.15) is 5.03 Å². The molecule has 2 heterocycles. The maximum Gasteiger partial charge on any atom is 0.252 e. The van der Waals surface area contributed by atoms with Crippen molar-refractivity contribution in [1.82, 2.24) is 15.6 Å². The van der Waals surface area contributed by atoms with Crippen molar-refractivity contribution in [2.75, 3.05) is 13.1 Å². The van der Waals surface area contributed by atoms with Crippen LogP contribution in [0, 0.1) is 0 Å². The van der Waals surface area contributed by atoms with E-state index in [4.69, 9.17) is 0 Å². The van der Waals surface area contributed by atoms with E-state index in [1.165, 1.54) is 11.8 Å². The molecule has 24 heavy (non-hydrogen) atoms. The molecule has 1 unspecified atom stereocenters. The molecular formula is C16H18BrCl2N3OS. The Hall–Kier alpha value is -0.790. The predicted molar refractivity (Wildman–Crippen MR) is 106 cm³/mol. The monoisotopic (exact) mass is 449 g/mol. The molecule has 1 fully saturated rings. The average molecular weight is 451 g/mol. The highest BCUT2D eigenvalue weighted by atomic mass is 79.9. The van der Waals surface area contributed by atoms with E-state index in [2.05, 4.69) is 31.5 Å². The summed E-state index contributed by atoms with van der Waals surface area (Å²) in [7, 11) is 0. The van der Waals surface area contributed by atoms with Crippen molar-refractivity contribution in [2.45, 2.75) is 22.4 Å². The van der Waals surface area contributed by atoms with Crippen LogP contribution in [0.4, 0.5) is 0 Å². The maximum absolute atomic E-state index is 12.5. The van der Waals surface area contributed by atoms with Crippen LogP contribution in [0.5, 0.6) is 0 Å². The Bertz CT molecular complexity index is 667. The number of aromatic nitrogens is 1. The molecule has 0 aliphatic carbocycles. The minimum absolute atomic E-state index is 0. The highest BCUT2D eigenvalue weighted by molar-refractivity contribution is 9.10. The lowest BCUT2D eigenvalue weighted by Gasteiger charge is -2.13. The summed E-state index contributed by atoms with van der Waals surface area (Å²) in [4.78, 5) is 17.8. The van der Waals surface area contributed by atoms with Crippen molar-refractivity contribution in [3.8, 4) is 0 Å². The number of halogens is 3. The number of carbonyl (C=O) groups is 1. The quantitative estimate of drug-likeness (QED) is 0.740. The van der Waals surface area contributed by atoms with Crippen LogP contribution in [0.25, 0.3) is 0 Å². The van der Waals surface area contributed by atoms with E-state index < -0.39 is 0 Å². The van der Waals surface area contributed by atoms with Gasteiger partial charge in [0, 0.05) is 28.2 Å². The molecule has 1 amide bonds. The topological polar surface area (TPSA) is 54.0 Å². The van der Waals surface area contributed by atoms with E-state index in [-0.39, 0.29) is 36.8 Å². The lowest BCUT2D eigenvalue weighted by Crippen LogP contribution is -2.36. The zero-order valence-corrected chi connectivity index (χ0v) is 16.7. The summed E-state index contributed by atoms with van der Waals surface area (Å²) >= 11 is 4.88. The lowest BCUT2D eigenvalue weighted by molar-refractivity contribution is 0.0937. The second-order valence-corrected chi connectivity index (χ2v) is 7.05. The maximum atomic E-state index is 12.5. The third kappa shape index (κ3) is 5.63. The summed E-state index contributed by atoms with van der Waals surface area (Å²) < 4.78 is 0.941. The van der Waals surface area contributed by atoms with Gasteiger partial charge in [0.2, 0.25) is 0 Å². The third-order valence-corrected chi connectivity index (χ3v) is 4.94. The van der Waals surface area contributed by atoms with Crippen LogP contribution in [-0.2, 0) is 0 Å². The minimum Gasteiger partial charge on any atom is -0.348 e. The Morgan fingerprint density at radius 3 is 2.71 bits per heavy atom. The minimum atomic E-state index is -0.0195. The molecule has 1 aromatic carbocycles. The Morgan fingerprint density at radius 1 is 1.25 bits per heavy atom. The van der Waals surface area contributed by atoms with Crippen LogP contribution in [0.3, 0.4) is 0 Å². The molecule has 0 spiro atoms. The third-order valence-electron chi connectivity index (χ3n) is 3.44. The van der Waals surface area contributed by atoms with Crippen LogP contribution in [0.2, 0.25) is 0 Å². The van der Waals surface area contributed by atoms with E-state index in [9.17, 15) is 4.79 Å². The molecule has 0 saturated carbocycles. The molecule has 1 aliphatic heterocycles. The average Bonchev–Trinajstić information content (AvgIpc) is 3.03. The Balaban J connectivity index is 0.00000144. The van der Waals surface area contributed by atoms with E-state index in [0.29, 0.717) is 5.56 Å². The lowest BCUT2D eigenvalue weighted by atomic mass is 10.2. The fourth-order valence-electron chi connectivity index (χ4n) is 2.32. The number of nitrogens with one attached hydrogen (secondary N) is 2. The van der Waals surface area contributed by atoms with E-state index in [1.54, 1.807) is 6.20 Å². The van der Waals surface area contributed by atoms with E-state index in [0.717, 1.165) is 33.9 Å². The summed E-state index contributed by atoms with van der Waals surface area (Å²) in [5.41, 5.74) is 0.698. The van der Waals surface area contributed by atoms with Gasteiger partial charge in [-0.2, -0.15) is 0 Å². The van der Waals surface area contributed by atoms with Gasteiger partial charge >= 0.3 is 0 Å². The van der Waals surface area contributed by atoms with Crippen LogP contribution in [0.1, 0.15) is 16.8 Å². The molecule has 0 radical (unpaired) electrons. The van der Waals surface area contributed by atoms with E-state index in [1.807, 2.05) is 36.4 Å². The molecule has 1 saturated heterocycles. The van der Waals surface area contributed by atoms with Crippen molar-refractivity contribution in [1.29, 1.82) is 0 Å². The first-order valence-corrected chi connectivity index (χ1v) is 8.73. The molecule has 8 heteroatoms. The number of benzene rings is 1. The number of carbonyl (C=O) groups excluding carboxylic acids is 1. The van der Waals surface area contributed by atoms with Crippen LogP contribution in [0.15, 0.2) is 57.0 Å². The van der Waals surface area contributed by atoms with Gasteiger partial charge in [0.25, 0.3) is 5.91 Å². The molecule has 2 aromatic rings. The molecule has 130 valence electrons. The number of rotatable bonds is 4. The second-order valence-electron chi connectivity index (χ2n) is 5.08. The van der Waals surface area contributed by atoms with Crippen molar-refractivity contribution in [2.24, 2.45) is 0 Å². The van der Waals surface area contributed by atoms with Crippen molar-refractivity contribution in [3.05, 3.63) is 52.6 Å². The summed E-state index contributed by atoms with van der Waals surface area (Å²) in [6.45, 7) is 1.81. The summed E-state index contributed by atoms with van der Waals surface area (Å²) in [6.07, 6.45) is 2.74. The summed E-state index contributed by atoms with van der Waals surface area (Å²) in [5, 5.41) is 7.21. The zero-order chi connectivity index (χ0) is 15.4. The Morgan fingerprint density at radius 2 is 2.04 bits per heavy atom. The van der Waals surface area contributed by atoms with Gasteiger partial charge in [-0.3, -0.25) is 4.79 Å². The van der Waals surface area contributed by atoms with Crippen LogP contribution >= 0.6 is 52.5 Å². The van der Waals surface area contributed by atoms with Gasteiger partial charge in [-0.15, -0.1) is 24.8 Å².